The molecule has 0 aliphatic carbocycles. The van der Waals surface area contributed by atoms with Crippen LogP contribution in [-0.4, -0.2) is 59.7 Å². The average molecular weight is 573 g/mol. The summed E-state index contributed by atoms with van der Waals surface area (Å²) in [4.78, 5) is 14.3. The van der Waals surface area contributed by atoms with Gasteiger partial charge in [0.05, 0.1) is 25.4 Å². The third kappa shape index (κ3) is 7.45. The van der Waals surface area contributed by atoms with Crippen LogP contribution in [0.25, 0.3) is 11.1 Å². The third-order valence-electron chi connectivity index (χ3n) is 8.03. The molecule has 8 heteroatoms. The van der Waals surface area contributed by atoms with Crippen molar-refractivity contribution in [2.24, 2.45) is 0 Å². The van der Waals surface area contributed by atoms with E-state index in [1.807, 2.05) is 72.8 Å². The van der Waals surface area contributed by atoms with Gasteiger partial charge in [-0.1, -0.05) is 85.5 Å². The van der Waals surface area contributed by atoms with Gasteiger partial charge < -0.3 is 29.7 Å². The zero-order valence-corrected chi connectivity index (χ0v) is 23.9. The van der Waals surface area contributed by atoms with Gasteiger partial charge in [0.2, 0.25) is 0 Å². The van der Waals surface area contributed by atoms with E-state index in [1.165, 1.54) is 6.08 Å². The Bertz CT molecular complexity index is 1310. The number of aliphatic hydroxyl groups is 2. The van der Waals surface area contributed by atoms with Gasteiger partial charge in [0.15, 0.2) is 6.29 Å². The van der Waals surface area contributed by atoms with Gasteiger partial charge in [-0.15, -0.1) is 0 Å². The summed E-state index contributed by atoms with van der Waals surface area (Å²) >= 11 is 0. The lowest BCUT2D eigenvalue weighted by atomic mass is 9.97. The fraction of sp³-hybridized carbons (Fsp3) is 0.382. The van der Waals surface area contributed by atoms with Crippen LogP contribution >= 0.6 is 0 Å². The number of alkyl carbamates (subject to hydrolysis) is 1. The molecular formula is C34H40N2O6. The fourth-order valence-corrected chi connectivity index (χ4v) is 5.77. The van der Waals surface area contributed by atoms with Crippen LogP contribution in [0.4, 0.5) is 4.79 Å². The monoisotopic (exact) mass is 572 g/mol. The first-order valence-corrected chi connectivity index (χ1v) is 14.6. The summed E-state index contributed by atoms with van der Waals surface area (Å²) in [7, 11) is 0. The van der Waals surface area contributed by atoms with Gasteiger partial charge in [0.1, 0.15) is 6.61 Å². The number of benzene rings is 3. The lowest BCUT2D eigenvalue weighted by Gasteiger charge is -2.38. The maximum Gasteiger partial charge on any atom is 0.407 e. The molecule has 0 aromatic heterocycles. The number of carbonyl (C=O) groups is 1. The van der Waals surface area contributed by atoms with E-state index >= 15 is 0 Å². The van der Waals surface area contributed by atoms with E-state index in [4.69, 9.17) is 14.2 Å². The number of carbonyl (C=O) groups excluding carboxylic acids is 1. The molecule has 2 aliphatic rings. The Morgan fingerprint density at radius 3 is 2.52 bits per heavy atom. The number of nitrogens with zero attached hydrogens (tertiary/aromatic N) is 1. The minimum atomic E-state index is -0.549. The molecule has 2 fully saturated rings. The number of hydrogen-bond acceptors (Lipinski definition) is 7. The summed E-state index contributed by atoms with van der Waals surface area (Å²) in [5.74, 6) is 0. The Hall–Kier alpha value is -3.53. The van der Waals surface area contributed by atoms with Crippen molar-refractivity contribution < 1.29 is 29.2 Å². The van der Waals surface area contributed by atoms with Gasteiger partial charge in [-0.3, -0.25) is 4.90 Å². The van der Waals surface area contributed by atoms with Crippen LogP contribution < -0.4 is 5.32 Å². The summed E-state index contributed by atoms with van der Waals surface area (Å²) in [6, 6.07) is 24.2. The maximum absolute atomic E-state index is 11.9. The number of likely N-dealkylation sites (tertiary alicyclic amines) is 1. The van der Waals surface area contributed by atoms with Crippen LogP contribution in [-0.2, 0) is 27.4 Å². The molecule has 0 unspecified atom stereocenters. The molecule has 2 heterocycles. The first-order chi connectivity index (χ1) is 20.6. The minimum absolute atomic E-state index is 0.00259. The Morgan fingerprint density at radius 2 is 1.79 bits per heavy atom. The molecule has 222 valence electrons. The Labute approximate surface area is 247 Å². The smallest absolute Gasteiger partial charge is 0.407 e. The molecule has 0 spiro atoms. The van der Waals surface area contributed by atoms with Gasteiger partial charge in [-0.05, 0) is 47.2 Å². The van der Waals surface area contributed by atoms with Crippen molar-refractivity contribution in [2.75, 3.05) is 26.3 Å². The Kier molecular flexibility index (Phi) is 10.4. The summed E-state index contributed by atoms with van der Waals surface area (Å²) in [6.45, 7) is 5.93. The largest absolute Gasteiger partial charge is 0.445 e. The van der Waals surface area contributed by atoms with Crippen LogP contribution in [0.3, 0.4) is 0 Å². The van der Waals surface area contributed by atoms with Gasteiger partial charge in [-0.25, -0.2) is 4.79 Å². The van der Waals surface area contributed by atoms with Crippen molar-refractivity contribution in [3.8, 4) is 11.1 Å². The Morgan fingerprint density at radius 1 is 1.02 bits per heavy atom. The Balaban J connectivity index is 1.33. The highest BCUT2D eigenvalue weighted by Crippen LogP contribution is 2.39. The molecular weight excluding hydrogens is 532 g/mol. The van der Waals surface area contributed by atoms with Crippen molar-refractivity contribution in [3.63, 3.8) is 0 Å². The fourth-order valence-electron chi connectivity index (χ4n) is 5.77. The molecule has 5 rings (SSSR count). The number of amides is 1. The molecule has 0 saturated carbocycles. The number of rotatable bonds is 11. The van der Waals surface area contributed by atoms with E-state index in [0.717, 1.165) is 59.3 Å². The average Bonchev–Trinajstić information content (AvgIpc) is 3.49. The SMILES string of the molecule is C=CCOC(=O)NCc1ccccc1-c1ccc([C@H]2O[C@@H](CN3CCC[C@H]3CO)C[C@@H](c3ccc(CO)cc3)O2)cc1. The van der Waals surface area contributed by atoms with Crippen LogP contribution in [0, 0.1) is 0 Å². The molecule has 0 radical (unpaired) electrons. The summed E-state index contributed by atoms with van der Waals surface area (Å²) in [5, 5.41) is 22.1. The van der Waals surface area contributed by atoms with E-state index in [9.17, 15) is 15.0 Å². The zero-order chi connectivity index (χ0) is 29.3. The van der Waals surface area contributed by atoms with Gasteiger partial charge >= 0.3 is 6.09 Å². The van der Waals surface area contributed by atoms with Crippen LogP contribution in [0.2, 0.25) is 0 Å². The number of ether oxygens (including phenoxy) is 3. The van der Waals surface area contributed by atoms with Crippen LogP contribution in [0.5, 0.6) is 0 Å². The third-order valence-corrected chi connectivity index (χ3v) is 8.03. The molecule has 3 N–H and O–H groups in total. The van der Waals surface area contributed by atoms with E-state index < -0.39 is 12.4 Å². The van der Waals surface area contributed by atoms with Crippen molar-refractivity contribution >= 4 is 6.09 Å². The highest BCUT2D eigenvalue weighted by Gasteiger charge is 2.35. The zero-order valence-electron chi connectivity index (χ0n) is 23.9. The molecule has 2 aliphatic heterocycles. The first kappa shape index (κ1) is 29.9. The predicted octanol–water partition coefficient (Wildman–Crippen LogP) is 5.26. The second-order valence-electron chi connectivity index (χ2n) is 10.8. The van der Waals surface area contributed by atoms with Gasteiger partial charge in [-0.2, -0.15) is 0 Å². The van der Waals surface area contributed by atoms with E-state index in [2.05, 4.69) is 16.8 Å². The van der Waals surface area contributed by atoms with Crippen molar-refractivity contribution in [1.29, 1.82) is 0 Å². The summed E-state index contributed by atoms with van der Waals surface area (Å²) < 4.78 is 18.1. The van der Waals surface area contributed by atoms with Crippen molar-refractivity contribution in [2.45, 2.75) is 57.0 Å². The quantitative estimate of drug-likeness (QED) is 0.270. The normalized spacial score (nSPS) is 22.5. The highest BCUT2D eigenvalue weighted by molar-refractivity contribution is 5.70. The van der Waals surface area contributed by atoms with E-state index in [1.54, 1.807) is 0 Å². The molecule has 2 saturated heterocycles. The lowest BCUT2D eigenvalue weighted by Crippen LogP contribution is -2.42. The van der Waals surface area contributed by atoms with Crippen LogP contribution in [0.15, 0.2) is 85.5 Å². The van der Waals surface area contributed by atoms with Crippen LogP contribution in [0.1, 0.15) is 53.9 Å². The maximum atomic E-state index is 11.9. The molecule has 1 amide bonds. The molecule has 4 atom stereocenters. The number of nitrogens with one attached hydrogen (secondary N) is 1. The summed E-state index contributed by atoms with van der Waals surface area (Å²) in [6.07, 6.45) is 3.06. The lowest BCUT2D eigenvalue weighted by molar-refractivity contribution is -0.253. The molecule has 42 heavy (non-hydrogen) atoms. The van der Waals surface area contributed by atoms with Crippen molar-refractivity contribution in [3.05, 3.63) is 108 Å². The second kappa shape index (κ2) is 14.6. The molecule has 3 aromatic carbocycles. The number of hydrogen-bond donors (Lipinski definition) is 3. The summed E-state index contributed by atoms with van der Waals surface area (Å²) in [5.41, 5.74) is 5.84. The topological polar surface area (TPSA) is 100 Å². The number of aliphatic hydroxyl groups excluding tert-OH is 2. The van der Waals surface area contributed by atoms with Crippen molar-refractivity contribution in [1.82, 2.24) is 10.2 Å². The van der Waals surface area contributed by atoms with Gasteiger partial charge in [0, 0.05) is 31.1 Å². The standard InChI is InChI=1S/C34H40N2O6/c1-2-18-40-34(39)35-20-28-6-3-4-8-31(28)25-13-15-27(16-14-25)33-41-30(21-36-17-5-7-29(36)23-38)19-32(42-33)26-11-9-24(22-37)10-12-26/h2-4,6,8-16,29-30,32-33,37-38H,1,5,7,17-23H2,(H,35,39)/t29-,30+,32-,33-/m0/s1. The predicted molar refractivity (Wildman–Crippen MR) is 160 cm³/mol. The minimum Gasteiger partial charge on any atom is -0.445 e. The van der Waals surface area contributed by atoms with E-state index in [-0.39, 0.29) is 38.1 Å². The van der Waals surface area contributed by atoms with E-state index in [0.29, 0.717) is 13.0 Å². The first-order valence-electron chi connectivity index (χ1n) is 14.6. The second-order valence-corrected chi connectivity index (χ2v) is 10.8. The van der Waals surface area contributed by atoms with Gasteiger partial charge in [0.25, 0.3) is 0 Å². The molecule has 3 aromatic rings. The molecule has 8 nitrogen and oxygen atoms in total. The highest BCUT2D eigenvalue weighted by atomic mass is 16.7. The molecule has 0 bridgehead atoms.